The lowest BCUT2D eigenvalue weighted by Crippen LogP contribution is -2.53. The molecular formula is C15H27N3O. The van der Waals surface area contributed by atoms with E-state index < -0.39 is 0 Å². The summed E-state index contributed by atoms with van der Waals surface area (Å²) in [6.07, 6.45) is 2.13. The van der Waals surface area contributed by atoms with Gasteiger partial charge in [-0.25, -0.2) is 0 Å². The third-order valence-corrected chi connectivity index (χ3v) is 4.30. The Labute approximate surface area is 116 Å². The molecule has 1 saturated heterocycles. The quantitative estimate of drug-likeness (QED) is 0.883. The molecule has 0 aromatic carbocycles. The molecule has 0 spiro atoms. The van der Waals surface area contributed by atoms with Crippen LogP contribution in [-0.4, -0.2) is 49.1 Å². The van der Waals surface area contributed by atoms with Gasteiger partial charge in [-0.2, -0.15) is 0 Å². The zero-order valence-electron chi connectivity index (χ0n) is 12.4. The molecule has 1 aromatic rings. The van der Waals surface area contributed by atoms with E-state index in [-0.39, 0.29) is 6.04 Å². The Morgan fingerprint density at radius 2 is 2.16 bits per heavy atom. The van der Waals surface area contributed by atoms with Gasteiger partial charge in [0.15, 0.2) is 0 Å². The van der Waals surface area contributed by atoms with Crippen LogP contribution in [0.2, 0.25) is 0 Å². The van der Waals surface area contributed by atoms with Crippen molar-refractivity contribution in [2.24, 2.45) is 5.73 Å². The topological polar surface area (TPSA) is 45.6 Å². The minimum atomic E-state index is 0.225. The summed E-state index contributed by atoms with van der Waals surface area (Å²) in [6, 6.07) is 5.02. The normalized spacial score (nSPS) is 23.7. The van der Waals surface area contributed by atoms with E-state index in [2.05, 4.69) is 42.8 Å². The van der Waals surface area contributed by atoms with Crippen molar-refractivity contribution < 1.29 is 4.42 Å². The monoisotopic (exact) mass is 265 g/mol. The zero-order valence-corrected chi connectivity index (χ0v) is 12.4. The maximum absolute atomic E-state index is 5.99. The predicted octanol–water partition coefficient (Wildman–Crippen LogP) is 1.87. The summed E-state index contributed by atoms with van der Waals surface area (Å²) in [6.45, 7) is 8.24. The second-order valence-corrected chi connectivity index (χ2v) is 5.45. The van der Waals surface area contributed by atoms with Crippen LogP contribution in [-0.2, 0) is 6.42 Å². The molecule has 1 aliphatic rings. The van der Waals surface area contributed by atoms with Crippen molar-refractivity contribution in [3.63, 3.8) is 0 Å². The Bertz CT molecular complexity index is 390. The molecule has 2 unspecified atom stereocenters. The Morgan fingerprint density at radius 3 is 2.74 bits per heavy atom. The highest BCUT2D eigenvalue weighted by molar-refractivity contribution is 5.12. The summed E-state index contributed by atoms with van der Waals surface area (Å²) < 4.78 is 5.90. The number of likely N-dealkylation sites (N-methyl/N-ethyl adjacent to an activating group) is 1. The van der Waals surface area contributed by atoms with Crippen LogP contribution in [0, 0.1) is 0 Å². The van der Waals surface area contributed by atoms with Gasteiger partial charge in [0.2, 0.25) is 0 Å². The van der Waals surface area contributed by atoms with Gasteiger partial charge in [-0.1, -0.05) is 13.8 Å². The van der Waals surface area contributed by atoms with Crippen LogP contribution in [0.1, 0.15) is 37.8 Å². The number of rotatable bonds is 5. The summed E-state index contributed by atoms with van der Waals surface area (Å²) in [4.78, 5) is 4.93. The Balaban J connectivity index is 2.09. The van der Waals surface area contributed by atoms with Crippen LogP contribution in [0.4, 0.5) is 0 Å². The zero-order chi connectivity index (χ0) is 13.8. The molecule has 0 saturated carbocycles. The molecule has 2 heterocycles. The molecular weight excluding hydrogens is 238 g/mol. The van der Waals surface area contributed by atoms with Crippen LogP contribution >= 0.6 is 0 Å². The smallest absolute Gasteiger partial charge is 0.122 e. The summed E-state index contributed by atoms with van der Waals surface area (Å²) in [5.41, 5.74) is 5.99. The lowest BCUT2D eigenvalue weighted by molar-refractivity contribution is 0.0571. The number of hydrogen-bond donors (Lipinski definition) is 1. The highest BCUT2D eigenvalue weighted by Crippen LogP contribution is 2.25. The van der Waals surface area contributed by atoms with Gasteiger partial charge in [-0.05, 0) is 25.6 Å². The summed E-state index contributed by atoms with van der Waals surface area (Å²) in [5.74, 6) is 2.08. The summed E-state index contributed by atoms with van der Waals surface area (Å²) in [7, 11) is 2.21. The van der Waals surface area contributed by atoms with E-state index in [1.807, 2.05) is 0 Å². The Morgan fingerprint density at radius 1 is 1.37 bits per heavy atom. The maximum Gasteiger partial charge on any atom is 0.122 e. The summed E-state index contributed by atoms with van der Waals surface area (Å²) in [5, 5.41) is 0. The Kier molecular flexibility index (Phi) is 5.02. The highest BCUT2D eigenvalue weighted by atomic mass is 16.3. The van der Waals surface area contributed by atoms with Crippen molar-refractivity contribution in [3.8, 4) is 0 Å². The van der Waals surface area contributed by atoms with Gasteiger partial charge in [0, 0.05) is 38.6 Å². The van der Waals surface area contributed by atoms with Crippen LogP contribution in [0.25, 0.3) is 0 Å². The SMILES string of the molecule is CCc1ccc(C(CN)N2CCN(C)C(CC)C2)o1. The molecule has 1 aromatic heterocycles. The van der Waals surface area contributed by atoms with E-state index >= 15 is 0 Å². The Hall–Kier alpha value is -0.840. The molecule has 0 amide bonds. The van der Waals surface area contributed by atoms with E-state index in [9.17, 15) is 0 Å². The highest BCUT2D eigenvalue weighted by Gasteiger charge is 2.29. The molecule has 0 radical (unpaired) electrons. The lowest BCUT2D eigenvalue weighted by Gasteiger charge is -2.42. The molecule has 0 bridgehead atoms. The van der Waals surface area contributed by atoms with E-state index in [1.165, 1.54) is 6.42 Å². The van der Waals surface area contributed by atoms with Crippen LogP contribution in [0.5, 0.6) is 0 Å². The molecule has 108 valence electrons. The number of nitrogens with two attached hydrogens (primary N) is 1. The molecule has 2 N–H and O–H groups in total. The van der Waals surface area contributed by atoms with Crippen LogP contribution in [0.3, 0.4) is 0 Å². The fourth-order valence-corrected chi connectivity index (χ4v) is 2.90. The van der Waals surface area contributed by atoms with E-state index in [1.54, 1.807) is 0 Å². The molecule has 2 atom stereocenters. The first-order valence-electron chi connectivity index (χ1n) is 7.42. The first kappa shape index (κ1) is 14.6. The number of nitrogens with zero attached hydrogens (tertiary/aromatic N) is 2. The van der Waals surface area contributed by atoms with Gasteiger partial charge in [0.1, 0.15) is 11.5 Å². The molecule has 1 aliphatic heterocycles. The van der Waals surface area contributed by atoms with E-state index in [4.69, 9.17) is 10.2 Å². The fourth-order valence-electron chi connectivity index (χ4n) is 2.90. The van der Waals surface area contributed by atoms with Crippen molar-refractivity contribution in [1.82, 2.24) is 9.80 Å². The fraction of sp³-hybridized carbons (Fsp3) is 0.733. The molecule has 4 heteroatoms. The molecule has 0 aliphatic carbocycles. The number of furan rings is 1. The second kappa shape index (κ2) is 6.55. The average Bonchev–Trinajstić information content (AvgIpc) is 2.90. The van der Waals surface area contributed by atoms with E-state index in [0.29, 0.717) is 12.6 Å². The predicted molar refractivity (Wildman–Crippen MR) is 78.2 cm³/mol. The lowest BCUT2D eigenvalue weighted by atomic mass is 10.1. The average molecular weight is 265 g/mol. The van der Waals surface area contributed by atoms with Crippen LogP contribution < -0.4 is 5.73 Å². The number of piperazine rings is 1. The first-order valence-corrected chi connectivity index (χ1v) is 7.42. The number of aryl methyl sites for hydroxylation is 1. The first-order chi connectivity index (χ1) is 9.19. The summed E-state index contributed by atoms with van der Waals surface area (Å²) >= 11 is 0. The van der Waals surface area contributed by atoms with Gasteiger partial charge < -0.3 is 15.1 Å². The molecule has 1 fully saturated rings. The molecule has 19 heavy (non-hydrogen) atoms. The van der Waals surface area contributed by atoms with Gasteiger partial charge in [0.25, 0.3) is 0 Å². The van der Waals surface area contributed by atoms with Crippen LogP contribution in [0.15, 0.2) is 16.5 Å². The van der Waals surface area contributed by atoms with Crippen molar-refractivity contribution in [2.75, 3.05) is 33.2 Å². The van der Waals surface area contributed by atoms with E-state index in [0.717, 1.165) is 37.6 Å². The maximum atomic E-state index is 5.99. The largest absolute Gasteiger partial charge is 0.464 e. The number of hydrogen-bond acceptors (Lipinski definition) is 4. The molecule has 4 nitrogen and oxygen atoms in total. The minimum Gasteiger partial charge on any atom is -0.464 e. The van der Waals surface area contributed by atoms with Gasteiger partial charge in [0.05, 0.1) is 6.04 Å². The van der Waals surface area contributed by atoms with Crippen molar-refractivity contribution >= 4 is 0 Å². The van der Waals surface area contributed by atoms with Gasteiger partial charge in [-0.3, -0.25) is 4.90 Å². The third kappa shape index (κ3) is 3.19. The second-order valence-electron chi connectivity index (χ2n) is 5.45. The third-order valence-electron chi connectivity index (χ3n) is 4.30. The standard InChI is InChI=1S/C15H27N3O/c1-4-12-11-18(9-8-17(12)3)14(10-16)15-7-6-13(5-2)19-15/h6-7,12,14H,4-5,8-11,16H2,1-3H3. The van der Waals surface area contributed by atoms with Gasteiger partial charge in [-0.15, -0.1) is 0 Å². The minimum absolute atomic E-state index is 0.225. The van der Waals surface area contributed by atoms with Crippen molar-refractivity contribution in [3.05, 3.63) is 23.7 Å². The van der Waals surface area contributed by atoms with Gasteiger partial charge >= 0.3 is 0 Å². The van der Waals surface area contributed by atoms with Crippen molar-refractivity contribution in [2.45, 2.75) is 38.8 Å². The van der Waals surface area contributed by atoms with Crippen molar-refractivity contribution in [1.29, 1.82) is 0 Å². The molecule has 2 rings (SSSR count).